The molecule has 10 nitrogen and oxygen atoms in total. The second-order valence-electron chi connectivity index (χ2n) is 6.10. The van der Waals surface area contributed by atoms with Gasteiger partial charge in [0.15, 0.2) is 0 Å². The number of hydrogen-bond acceptors (Lipinski definition) is 10. The summed E-state index contributed by atoms with van der Waals surface area (Å²) in [4.78, 5) is 0. The summed E-state index contributed by atoms with van der Waals surface area (Å²) in [7, 11) is -4.55. The number of hydrogen-bond donors (Lipinski definition) is 3. The molecular formula is C18H18Br3N6O4P. The fraction of sp³-hybridized carbons (Fsp3) is 0. The molecule has 0 bridgehead atoms. The molecule has 3 rings (SSSR count). The zero-order valence-electron chi connectivity index (χ0n) is 16.2. The van der Waals surface area contributed by atoms with Gasteiger partial charge in [-0.2, -0.15) is 15.5 Å². The Morgan fingerprint density at radius 1 is 0.531 bits per heavy atom. The maximum Gasteiger partial charge on any atom is 0.543 e. The molecule has 0 aliphatic rings. The van der Waals surface area contributed by atoms with Gasteiger partial charge in [0.25, 0.3) is 0 Å². The smallest absolute Gasteiger partial charge is 0.222 e. The van der Waals surface area contributed by atoms with Gasteiger partial charge in [0.05, 0.1) is 17.1 Å². The molecule has 0 amide bonds. The number of anilines is 3. The lowest BCUT2D eigenvalue weighted by Crippen LogP contribution is -2.38. The van der Waals surface area contributed by atoms with E-state index in [0.717, 1.165) is 28.9 Å². The number of phosphoric acid groups is 1. The number of hydrazine groups is 3. The van der Waals surface area contributed by atoms with Gasteiger partial charge in [0.2, 0.25) is 0 Å². The van der Waals surface area contributed by atoms with Crippen molar-refractivity contribution in [3.05, 3.63) is 86.2 Å². The van der Waals surface area contributed by atoms with Crippen molar-refractivity contribution in [2.45, 2.75) is 0 Å². The fourth-order valence-electron chi connectivity index (χ4n) is 2.27. The van der Waals surface area contributed by atoms with E-state index in [4.69, 9.17) is 31.4 Å². The highest BCUT2D eigenvalue weighted by molar-refractivity contribution is 9.11. The van der Waals surface area contributed by atoms with Crippen molar-refractivity contribution in [3.63, 3.8) is 0 Å². The van der Waals surface area contributed by atoms with Gasteiger partial charge in [-0.15, -0.1) is 13.9 Å². The molecule has 3 aromatic carbocycles. The summed E-state index contributed by atoms with van der Waals surface area (Å²) >= 11 is 9.98. The molecule has 0 aliphatic heterocycles. The number of halogens is 3. The van der Waals surface area contributed by atoms with Crippen LogP contribution in [0.5, 0.6) is 0 Å². The predicted molar refractivity (Wildman–Crippen MR) is 133 cm³/mol. The van der Waals surface area contributed by atoms with Gasteiger partial charge >= 0.3 is 7.82 Å². The van der Waals surface area contributed by atoms with Gasteiger partial charge in [-0.3, -0.25) is 0 Å². The average molecular weight is 653 g/mol. The summed E-state index contributed by atoms with van der Waals surface area (Å²) in [6.45, 7) is 0. The lowest BCUT2D eigenvalue weighted by Gasteiger charge is -2.29. The Balaban J connectivity index is 1.84. The molecular weight excluding hydrogens is 635 g/mol. The molecule has 0 saturated heterocycles. The minimum Gasteiger partial charge on any atom is -0.222 e. The molecule has 0 atom stereocenters. The number of nitrogens with two attached hydrogens (primary N) is 3. The molecule has 6 N–H and O–H groups in total. The van der Waals surface area contributed by atoms with Crippen LogP contribution in [0.15, 0.2) is 86.2 Å². The Bertz CT molecular complexity index is 939. The average Bonchev–Trinajstić information content (AvgIpc) is 2.74. The molecule has 0 aliphatic carbocycles. The van der Waals surface area contributed by atoms with Crippen LogP contribution in [-0.4, -0.2) is 0 Å². The van der Waals surface area contributed by atoms with E-state index in [9.17, 15) is 4.57 Å². The Labute approximate surface area is 209 Å². The Kier molecular flexibility index (Phi) is 8.69. The molecule has 0 spiro atoms. The zero-order valence-corrected chi connectivity index (χ0v) is 21.9. The van der Waals surface area contributed by atoms with Crippen LogP contribution in [0, 0.1) is 0 Å². The first-order valence-electron chi connectivity index (χ1n) is 8.75. The number of benzene rings is 3. The van der Waals surface area contributed by atoms with Crippen molar-refractivity contribution in [2.24, 2.45) is 17.5 Å². The molecule has 0 heterocycles. The molecule has 14 heteroatoms. The van der Waals surface area contributed by atoms with Gasteiger partial charge in [-0.05, 0) is 72.8 Å². The maximum absolute atomic E-state index is 13.5. The van der Waals surface area contributed by atoms with Gasteiger partial charge in [0, 0.05) is 13.4 Å². The van der Waals surface area contributed by atoms with E-state index in [1.54, 1.807) is 72.8 Å². The topological polar surface area (TPSA) is 133 Å². The Morgan fingerprint density at radius 2 is 0.750 bits per heavy atom. The van der Waals surface area contributed by atoms with E-state index < -0.39 is 7.82 Å². The summed E-state index contributed by atoms with van der Waals surface area (Å²) in [5.74, 6) is 17.8. The summed E-state index contributed by atoms with van der Waals surface area (Å²) in [5, 5.41) is 2.20. The molecule has 3 aromatic rings. The van der Waals surface area contributed by atoms with E-state index in [0.29, 0.717) is 17.1 Å². The van der Waals surface area contributed by atoms with Crippen LogP contribution < -0.4 is 33.0 Å². The number of nitrogens with zero attached hydrogens (tertiary/aromatic N) is 3. The summed E-state index contributed by atoms with van der Waals surface area (Å²) in [5.41, 5.74) is 1.08. The SMILES string of the molecule is NN(OP(=O)(ON(N)c1ccc(Br)cc1)ON(N)c1ccc(Br)cc1)c1ccc(Br)cc1. The summed E-state index contributed by atoms with van der Waals surface area (Å²) in [6.07, 6.45) is 0. The van der Waals surface area contributed by atoms with E-state index in [-0.39, 0.29) is 0 Å². The van der Waals surface area contributed by atoms with Crippen LogP contribution >= 0.6 is 55.6 Å². The van der Waals surface area contributed by atoms with Gasteiger partial charge in [0.1, 0.15) is 0 Å². The Morgan fingerprint density at radius 3 is 0.969 bits per heavy atom. The molecule has 0 saturated carbocycles. The second kappa shape index (κ2) is 11.1. The van der Waals surface area contributed by atoms with E-state index in [1.165, 1.54) is 0 Å². The molecule has 0 unspecified atom stereocenters. The van der Waals surface area contributed by atoms with E-state index in [2.05, 4.69) is 47.8 Å². The Hall–Kier alpha value is -1.51. The van der Waals surface area contributed by atoms with Crippen LogP contribution in [0.3, 0.4) is 0 Å². The largest absolute Gasteiger partial charge is 0.543 e. The third-order valence-electron chi connectivity index (χ3n) is 3.81. The summed E-state index contributed by atoms with van der Waals surface area (Å²) < 4.78 is 32.0. The molecule has 170 valence electrons. The zero-order chi connectivity index (χ0) is 23.3. The van der Waals surface area contributed by atoms with Gasteiger partial charge < -0.3 is 0 Å². The standard InChI is InChI=1S/C18H18Br3N6O4P/c19-13-1-7-16(8-2-13)25(22)29-32(28,30-26(23)17-9-3-14(20)4-10-17)31-27(24)18-11-5-15(21)6-12-18/h1-12H,22-24H2. The lowest BCUT2D eigenvalue weighted by molar-refractivity contribution is 0.0860. The van der Waals surface area contributed by atoms with Crippen molar-refractivity contribution >= 4 is 72.7 Å². The fourth-order valence-corrected chi connectivity index (χ4v) is 4.09. The van der Waals surface area contributed by atoms with Crippen LogP contribution in [0.25, 0.3) is 0 Å². The molecule has 0 radical (unpaired) electrons. The first-order chi connectivity index (χ1) is 15.1. The van der Waals surface area contributed by atoms with Crippen molar-refractivity contribution in [1.82, 2.24) is 0 Å². The van der Waals surface area contributed by atoms with Gasteiger partial charge in [-0.25, -0.2) is 22.1 Å². The molecule has 32 heavy (non-hydrogen) atoms. The quantitative estimate of drug-likeness (QED) is 0.159. The van der Waals surface area contributed by atoms with Crippen LogP contribution in [-0.2, 0) is 18.4 Å². The molecule has 0 aromatic heterocycles. The van der Waals surface area contributed by atoms with Crippen LogP contribution in [0.2, 0.25) is 0 Å². The van der Waals surface area contributed by atoms with Crippen LogP contribution in [0.1, 0.15) is 0 Å². The predicted octanol–water partition coefficient (Wildman–Crippen LogP) is 5.32. The first-order valence-corrected chi connectivity index (χ1v) is 12.6. The monoisotopic (exact) mass is 650 g/mol. The molecule has 0 fully saturated rings. The third-order valence-corrected chi connectivity index (χ3v) is 6.52. The van der Waals surface area contributed by atoms with E-state index in [1.807, 2.05) is 0 Å². The van der Waals surface area contributed by atoms with Crippen molar-refractivity contribution in [1.29, 1.82) is 0 Å². The highest BCUT2D eigenvalue weighted by Crippen LogP contribution is 2.52. The summed E-state index contributed by atoms with van der Waals surface area (Å²) in [6, 6.07) is 20.1. The van der Waals surface area contributed by atoms with Gasteiger partial charge in [-0.1, -0.05) is 47.8 Å². The van der Waals surface area contributed by atoms with Crippen molar-refractivity contribution in [3.8, 4) is 0 Å². The number of rotatable bonds is 9. The van der Waals surface area contributed by atoms with Crippen molar-refractivity contribution in [2.75, 3.05) is 15.5 Å². The highest BCUT2D eigenvalue weighted by Gasteiger charge is 2.37. The van der Waals surface area contributed by atoms with Crippen LogP contribution in [0.4, 0.5) is 17.1 Å². The van der Waals surface area contributed by atoms with E-state index >= 15 is 0 Å². The third kappa shape index (κ3) is 6.99. The maximum atomic E-state index is 13.5. The second-order valence-corrected chi connectivity index (χ2v) is 10.2. The minimum atomic E-state index is -4.55. The highest BCUT2D eigenvalue weighted by atomic mass is 79.9. The lowest BCUT2D eigenvalue weighted by atomic mass is 10.3. The normalized spacial score (nSPS) is 11.3. The minimum absolute atomic E-state index is 0.361. The first kappa shape index (κ1) is 25.1. The van der Waals surface area contributed by atoms with Crippen molar-refractivity contribution < 1.29 is 18.4 Å².